The van der Waals surface area contributed by atoms with E-state index in [0.29, 0.717) is 12.6 Å². The van der Waals surface area contributed by atoms with Gasteiger partial charge < -0.3 is 19.9 Å². The first-order valence-electron chi connectivity index (χ1n) is 8.41. The van der Waals surface area contributed by atoms with E-state index in [-0.39, 0.29) is 24.0 Å². The maximum atomic E-state index is 5.76. The summed E-state index contributed by atoms with van der Waals surface area (Å²) in [5.74, 6) is 1.77. The number of rotatable bonds is 8. The summed E-state index contributed by atoms with van der Waals surface area (Å²) >= 11 is 1.78. The molecule has 0 saturated carbocycles. The van der Waals surface area contributed by atoms with Crippen LogP contribution in [0.1, 0.15) is 10.9 Å². The quantitative estimate of drug-likeness (QED) is 0.351. The van der Waals surface area contributed by atoms with E-state index < -0.39 is 0 Å². The first-order chi connectivity index (χ1) is 12.1. The van der Waals surface area contributed by atoms with Gasteiger partial charge in [0.2, 0.25) is 0 Å². The van der Waals surface area contributed by atoms with Crippen LogP contribution in [-0.2, 0) is 0 Å². The fourth-order valence-electron chi connectivity index (χ4n) is 2.51. The molecule has 0 fully saturated rings. The van der Waals surface area contributed by atoms with Crippen molar-refractivity contribution in [3.05, 3.63) is 52.7 Å². The number of thiophene rings is 1. The van der Waals surface area contributed by atoms with E-state index in [4.69, 9.17) is 4.74 Å². The van der Waals surface area contributed by atoms with Crippen molar-refractivity contribution < 1.29 is 4.74 Å². The lowest BCUT2D eigenvalue weighted by Gasteiger charge is -2.27. The van der Waals surface area contributed by atoms with Crippen molar-refractivity contribution >= 4 is 41.3 Å². The Kier molecular flexibility index (Phi) is 10.6. The lowest BCUT2D eigenvalue weighted by atomic mass is 10.2. The first-order valence-corrected chi connectivity index (χ1v) is 9.29. The average Bonchev–Trinajstić information content (AvgIpc) is 3.13. The summed E-state index contributed by atoms with van der Waals surface area (Å²) in [5.41, 5.74) is 0. The minimum absolute atomic E-state index is 0. The molecule has 26 heavy (non-hydrogen) atoms. The molecule has 0 aliphatic rings. The number of nitrogens with zero attached hydrogens (tertiary/aromatic N) is 3. The van der Waals surface area contributed by atoms with E-state index in [1.54, 1.807) is 11.3 Å². The molecule has 0 saturated heterocycles. The summed E-state index contributed by atoms with van der Waals surface area (Å²) < 4.78 is 5.76. The van der Waals surface area contributed by atoms with Gasteiger partial charge in [0.1, 0.15) is 12.4 Å². The number of nitrogens with one attached hydrogen (secondary N) is 1. The van der Waals surface area contributed by atoms with E-state index >= 15 is 0 Å². The molecule has 0 aliphatic carbocycles. The molecule has 144 valence electrons. The molecule has 2 aromatic rings. The van der Waals surface area contributed by atoms with E-state index in [0.717, 1.165) is 24.8 Å². The van der Waals surface area contributed by atoms with Gasteiger partial charge in [0, 0.05) is 25.5 Å². The molecule has 0 aliphatic heterocycles. The molecule has 0 spiro atoms. The molecule has 1 aromatic heterocycles. The summed E-state index contributed by atoms with van der Waals surface area (Å²) in [7, 11) is 8.05. The average molecular weight is 488 g/mol. The number of halogens is 1. The number of guanidine groups is 1. The van der Waals surface area contributed by atoms with E-state index in [2.05, 4.69) is 51.7 Å². The fourth-order valence-corrected chi connectivity index (χ4v) is 3.44. The fraction of sp³-hybridized carbons (Fsp3) is 0.421. The molecule has 1 atom stereocenters. The standard InChI is InChI=1S/C19H28N4OS.HI/c1-20-19(21-15-17(22(2)3)18-11-8-14-25-18)23(4)12-13-24-16-9-6-5-7-10-16;/h5-11,14,17H,12-13,15H2,1-4H3,(H,20,21);1H. The SMILES string of the molecule is CN=C(NCC(c1cccs1)N(C)C)N(C)CCOc1ccccc1.I. The molecule has 1 N–H and O–H groups in total. The zero-order valence-corrected chi connectivity index (χ0v) is 19.0. The van der Waals surface area contributed by atoms with Crippen molar-refractivity contribution in [1.82, 2.24) is 15.1 Å². The summed E-state index contributed by atoms with van der Waals surface area (Å²) in [6, 6.07) is 14.5. The molecule has 5 nitrogen and oxygen atoms in total. The molecule has 0 bridgehead atoms. The zero-order valence-electron chi connectivity index (χ0n) is 15.9. The molecule has 1 heterocycles. The predicted molar refractivity (Wildman–Crippen MR) is 122 cm³/mol. The highest BCUT2D eigenvalue weighted by atomic mass is 127. The summed E-state index contributed by atoms with van der Waals surface area (Å²) in [6.07, 6.45) is 0. The Labute approximate surface area is 178 Å². The van der Waals surface area contributed by atoms with Gasteiger partial charge in [-0.05, 0) is 37.7 Å². The minimum atomic E-state index is 0. The summed E-state index contributed by atoms with van der Waals surface area (Å²) in [6.45, 7) is 2.19. The Bertz CT molecular complexity index is 634. The second kappa shape index (κ2) is 12.1. The lowest BCUT2D eigenvalue weighted by Crippen LogP contribution is -2.43. The van der Waals surface area contributed by atoms with Crippen LogP contribution in [-0.4, -0.2) is 63.6 Å². The van der Waals surface area contributed by atoms with Gasteiger partial charge in [-0.15, -0.1) is 35.3 Å². The molecular weight excluding hydrogens is 459 g/mol. The smallest absolute Gasteiger partial charge is 0.193 e. The highest BCUT2D eigenvalue weighted by Gasteiger charge is 2.16. The number of ether oxygens (including phenoxy) is 1. The molecule has 1 aromatic carbocycles. The van der Waals surface area contributed by atoms with Crippen molar-refractivity contribution in [2.45, 2.75) is 6.04 Å². The van der Waals surface area contributed by atoms with Crippen molar-refractivity contribution in [3.8, 4) is 5.75 Å². The number of aliphatic imine (C=N–C) groups is 1. The molecule has 7 heteroatoms. The molecular formula is C19H29IN4OS. The van der Waals surface area contributed by atoms with Gasteiger partial charge in [-0.2, -0.15) is 0 Å². The molecule has 0 radical (unpaired) electrons. The van der Waals surface area contributed by atoms with Crippen LogP contribution in [0.15, 0.2) is 52.8 Å². The monoisotopic (exact) mass is 488 g/mol. The Hall–Kier alpha value is -1.32. The van der Waals surface area contributed by atoms with Crippen LogP contribution in [0.4, 0.5) is 0 Å². The van der Waals surface area contributed by atoms with Gasteiger partial charge in [-0.3, -0.25) is 4.99 Å². The highest BCUT2D eigenvalue weighted by molar-refractivity contribution is 14.0. The third kappa shape index (κ3) is 7.13. The number of hydrogen-bond donors (Lipinski definition) is 1. The normalized spacial score (nSPS) is 12.4. The van der Waals surface area contributed by atoms with Crippen LogP contribution >= 0.6 is 35.3 Å². The maximum absolute atomic E-state index is 5.76. The van der Waals surface area contributed by atoms with Gasteiger partial charge in [-0.1, -0.05) is 24.3 Å². The first kappa shape index (κ1) is 22.7. The van der Waals surface area contributed by atoms with Crippen LogP contribution in [0.5, 0.6) is 5.75 Å². The summed E-state index contributed by atoms with van der Waals surface area (Å²) in [4.78, 5) is 10.1. The van der Waals surface area contributed by atoms with Crippen LogP contribution < -0.4 is 10.1 Å². The minimum Gasteiger partial charge on any atom is -0.492 e. The maximum Gasteiger partial charge on any atom is 0.193 e. The molecule has 1 unspecified atom stereocenters. The van der Waals surface area contributed by atoms with Gasteiger partial charge in [-0.25, -0.2) is 0 Å². The topological polar surface area (TPSA) is 40.1 Å². The van der Waals surface area contributed by atoms with E-state index in [9.17, 15) is 0 Å². The largest absolute Gasteiger partial charge is 0.492 e. The Morgan fingerprint density at radius 1 is 1.15 bits per heavy atom. The van der Waals surface area contributed by atoms with Crippen molar-refractivity contribution in [1.29, 1.82) is 0 Å². The highest BCUT2D eigenvalue weighted by Crippen LogP contribution is 2.22. The van der Waals surface area contributed by atoms with Crippen molar-refractivity contribution in [3.63, 3.8) is 0 Å². The van der Waals surface area contributed by atoms with E-state index in [1.807, 2.05) is 44.4 Å². The van der Waals surface area contributed by atoms with Gasteiger partial charge in [0.05, 0.1) is 12.6 Å². The number of likely N-dealkylation sites (N-methyl/N-ethyl adjacent to an activating group) is 2. The number of benzene rings is 1. The molecule has 0 amide bonds. The molecule has 2 rings (SSSR count). The third-order valence-electron chi connectivity index (χ3n) is 3.96. The second-order valence-corrected chi connectivity index (χ2v) is 6.99. The zero-order chi connectivity index (χ0) is 18.1. The number of para-hydroxylation sites is 1. The van der Waals surface area contributed by atoms with Crippen LogP contribution in [0.3, 0.4) is 0 Å². The van der Waals surface area contributed by atoms with Crippen LogP contribution in [0, 0.1) is 0 Å². The van der Waals surface area contributed by atoms with E-state index in [1.165, 1.54) is 4.88 Å². The van der Waals surface area contributed by atoms with Gasteiger partial charge >= 0.3 is 0 Å². The lowest BCUT2D eigenvalue weighted by molar-refractivity contribution is 0.276. The van der Waals surface area contributed by atoms with Gasteiger partial charge in [0.15, 0.2) is 5.96 Å². The van der Waals surface area contributed by atoms with Gasteiger partial charge in [0.25, 0.3) is 0 Å². The van der Waals surface area contributed by atoms with Crippen molar-refractivity contribution in [2.75, 3.05) is 47.9 Å². The van der Waals surface area contributed by atoms with Crippen molar-refractivity contribution in [2.24, 2.45) is 4.99 Å². The summed E-state index contributed by atoms with van der Waals surface area (Å²) in [5, 5.41) is 5.59. The van der Waals surface area contributed by atoms with Crippen LogP contribution in [0.2, 0.25) is 0 Å². The Balaban J connectivity index is 0.00000338. The third-order valence-corrected chi connectivity index (χ3v) is 4.93. The predicted octanol–water partition coefficient (Wildman–Crippen LogP) is 3.56. The second-order valence-electron chi connectivity index (χ2n) is 6.01. The number of hydrogen-bond acceptors (Lipinski definition) is 4. The van der Waals surface area contributed by atoms with Crippen LogP contribution in [0.25, 0.3) is 0 Å². The Morgan fingerprint density at radius 3 is 2.46 bits per heavy atom. The Morgan fingerprint density at radius 2 is 1.88 bits per heavy atom.